The lowest BCUT2D eigenvalue weighted by Crippen LogP contribution is -2.28. The van der Waals surface area contributed by atoms with E-state index in [1.807, 2.05) is 5.38 Å². The summed E-state index contributed by atoms with van der Waals surface area (Å²) in [6.07, 6.45) is 1.48. The third-order valence-corrected chi connectivity index (χ3v) is 3.49. The fraction of sp³-hybridized carbons (Fsp3) is 0.364. The minimum absolute atomic E-state index is 0.382. The average Bonchev–Trinajstić information content (AvgIpc) is 2.71. The molecule has 0 saturated heterocycles. The van der Waals surface area contributed by atoms with Crippen LogP contribution in [-0.4, -0.2) is 14.5 Å². The highest BCUT2D eigenvalue weighted by Crippen LogP contribution is 2.19. The van der Waals surface area contributed by atoms with Gasteiger partial charge in [-0.05, 0) is 0 Å². The first-order valence-electron chi connectivity index (χ1n) is 5.30. The number of nitrogens with zero attached hydrogens (tertiary/aromatic N) is 2. The van der Waals surface area contributed by atoms with Gasteiger partial charge in [0.15, 0.2) is 0 Å². The second-order valence-electron chi connectivity index (χ2n) is 4.07. The molecule has 0 atom stereocenters. The van der Waals surface area contributed by atoms with Crippen LogP contribution in [0.5, 0.6) is 0 Å². The van der Waals surface area contributed by atoms with Crippen molar-refractivity contribution in [2.45, 2.75) is 26.3 Å². The zero-order valence-corrected chi connectivity index (χ0v) is 10.5. The third kappa shape index (κ3) is 2.71. The predicted molar refractivity (Wildman–Crippen MR) is 66.6 cm³/mol. The smallest absolute Gasteiger partial charge is 0.295 e. The van der Waals surface area contributed by atoms with Crippen molar-refractivity contribution >= 4 is 11.3 Å². The van der Waals surface area contributed by atoms with Crippen LogP contribution in [0.1, 0.15) is 30.5 Å². The number of aromatic amines is 1. The van der Waals surface area contributed by atoms with E-state index in [-0.39, 0.29) is 5.56 Å². The van der Waals surface area contributed by atoms with E-state index < -0.39 is 5.69 Å². The molecule has 2 heterocycles. The monoisotopic (exact) mass is 251 g/mol. The summed E-state index contributed by atoms with van der Waals surface area (Å²) in [6.45, 7) is 4.54. The van der Waals surface area contributed by atoms with Gasteiger partial charge in [-0.15, -0.1) is 11.3 Å². The van der Waals surface area contributed by atoms with Gasteiger partial charge in [0, 0.05) is 23.6 Å². The molecule has 0 saturated carbocycles. The molecule has 2 aromatic heterocycles. The average molecular weight is 251 g/mol. The zero-order valence-electron chi connectivity index (χ0n) is 9.64. The summed E-state index contributed by atoms with van der Waals surface area (Å²) in [5.74, 6) is 0.390. The number of hydrogen-bond acceptors (Lipinski definition) is 4. The Morgan fingerprint density at radius 1 is 1.47 bits per heavy atom. The quantitative estimate of drug-likeness (QED) is 0.890. The normalized spacial score (nSPS) is 11.0. The molecule has 0 radical (unpaired) electrons. The highest BCUT2D eigenvalue weighted by atomic mass is 32.1. The Balaban J connectivity index is 2.25. The van der Waals surface area contributed by atoms with Crippen LogP contribution < -0.4 is 11.2 Å². The number of rotatable bonds is 3. The number of thiazole rings is 1. The van der Waals surface area contributed by atoms with Crippen molar-refractivity contribution in [1.29, 1.82) is 0 Å². The van der Waals surface area contributed by atoms with Crippen LogP contribution in [0.15, 0.2) is 27.2 Å². The summed E-state index contributed by atoms with van der Waals surface area (Å²) in [7, 11) is 0. The van der Waals surface area contributed by atoms with Gasteiger partial charge in [0.1, 0.15) is 0 Å². The van der Waals surface area contributed by atoms with Gasteiger partial charge in [-0.3, -0.25) is 14.3 Å². The molecule has 0 aliphatic rings. The molecule has 17 heavy (non-hydrogen) atoms. The summed E-state index contributed by atoms with van der Waals surface area (Å²) in [5.41, 5.74) is 0.0526. The van der Waals surface area contributed by atoms with Crippen molar-refractivity contribution in [2.24, 2.45) is 0 Å². The van der Waals surface area contributed by atoms with E-state index in [9.17, 15) is 9.59 Å². The molecule has 2 aromatic rings. The van der Waals surface area contributed by atoms with Gasteiger partial charge >= 0.3 is 5.69 Å². The summed E-state index contributed by atoms with van der Waals surface area (Å²) in [6, 6.07) is 1.33. The first kappa shape index (κ1) is 11.8. The van der Waals surface area contributed by atoms with Gasteiger partial charge in [-0.1, -0.05) is 13.8 Å². The van der Waals surface area contributed by atoms with E-state index in [0.717, 1.165) is 10.7 Å². The fourth-order valence-corrected chi connectivity index (χ4v) is 2.23. The molecular weight excluding hydrogens is 238 g/mol. The molecule has 0 aliphatic heterocycles. The highest BCUT2D eigenvalue weighted by Gasteiger charge is 2.06. The Hall–Kier alpha value is -1.69. The van der Waals surface area contributed by atoms with Crippen molar-refractivity contribution in [3.05, 3.63) is 49.2 Å². The van der Waals surface area contributed by atoms with Gasteiger partial charge in [0.25, 0.3) is 5.56 Å². The molecule has 1 N–H and O–H groups in total. The van der Waals surface area contributed by atoms with Crippen molar-refractivity contribution in [3.63, 3.8) is 0 Å². The van der Waals surface area contributed by atoms with Gasteiger partial charge in [-0.25, -0.2) is 9.78 Å². The predicted octanol–water partition coefficient (Wildman–Crippen LogP) is 1.16. The number of nitrogens with one attached hydrogen (secondary N) is 1. The van der Waals surface area contributed by atoms with Gasteiger partial charge < -0.3 is 0 Å². The topological polar surface area (TPSA) is 67.8 Å². The number of aromatic nitrogens is 3. The number of H-pyrrole nitrogens is 1. The molecule has 0 fully saturated rings. The zero-order chi connectivity index (χ0) is 12.4. The molecule has 0 amide bonds. The van der Waals surface area contributed by atoms with Crippen LogP contribution in [0.2, 0.25) is 0 Å². The summed E-state index contributed by atoms with van der Waals surface area (Å²) in [4.78, 5) is 29.0. The van der Waals surface area contributed by atoms with Crippen LogP contribution >= 0.6 is 11.3 Å². The van der Waals surface area contributed by atoms with E-state index in [2.05, 4.69) is 23.8 Å². The minimum atomic E-state index is -0.406. The maximum absolute atomic E-state index is 11.5. The van der Waals surface area contributed by atoms with Crippen molar-refractivity contribution in [3.8, 4) is 0 Å². The molecule has 6 heteroatoms. The van der Waals surface area contributed by atoms with Gasteiger partial charge in [0.05, 0.1) is 17.2 Å². The van der Waals surface area contributed by atoms with E-state index in [1.165, 1.54) is 16.8 Å². The van der Waals surface area contributed by atoms with Crippen molar-refractivity contribution in [2.75, 3.05) is 0 Å². The lowest BCUT2D eigenvalue weighted by atomic mass is 10.2. The Labute approximate surface area is 102 Å². The fourth-order valence-electron chi connectivity index (χ4n) is 1.40. The Morgan fingerprint density at radius 2 is 2.24 bits per heavy atom. The van der Waals surface area contributed by atoms with Crippen LogP contribution in [0.3, 0.4) is 0 Å². The molecule has 0 unspecified atom stereocenters. The van der Waals surface area contributed by atoms with E-state index in [1.54, 1.807) is 11.3 Å². The largest absolute Gasteiger partial charge is 0.328 e. The lowest BCUT2D eigenvalue weighted by molar-refractivity contribution is 0.702. The SMILES string of the molecule is CC(C)c1nc(Cn2ccc(=O)[nH]c2=O)cs1. The summed E-state index contributed by atoms with van der Waals surface area (Å²) < 4.78 is 1.43. The number of hydrogen-bond donors (Lipinski definition) is 1. The first-order chi connectivity index (χ1) is 8.06. The third-order valence-electron chi connectivity index (χ3n) is 2.29. The highest BCUT2D eigenvalue weighted by molar-refractivity contribution is 7.09. The molecule has 2 rings (SSSR count). The van der Waals surface area contributed by atoms with Gasteiger partial charge in [-0.2, -0.15) is 0 Å². The van der Waals surface area contributed by atoms with Gasteiger partial charge in [0.2, 0.25) is 0 Å². The molecule has 0 spiro atoms. The Kier molecular flexibility index (Phi) is 3.23. The van der Waals surface area contributed by atoms with E-state index in [4.69, 9.17) is 0 Å². The second-order valence-corrected chi connectivity index (χ2v) is 4.96. The van der Waals surface area contributed by atoms with E-state index in [0.29, 0.717) is 12.5 Å². The Bertz CT molecular complexity index is 624. The standard InChI is InChI=1S/C11H13N3O2S/c1-7(2)10-12-8(6-17-10)5-14-4-3-9(15)13-11(14)16/h3-4,6-7H,5H2,1-2H3,(H,13,15,16). The van der Waals surface area contributed by atoms with Crippen molar-refractivity contribution < 1.29 is 0 Å². The minimum Gasteiger partial charge on any atom is -0.295 e. The first-order valence-corrected chi connectivity index (χ1v) is 6.18. The maximum Gasteiger partial charge on any atom is 0.328 e. The van der Waals surface area contributed by atoms with Crippen LogP contribution in [0, 0.1) is 0 Å². The van der Waals surface area contributed by atoms with Crippen LogP contribution in [0.4, 0.5) is 0 Å². The maximum atomic E-state index is 11.5. The van der Waals surface area contributed by atoms with Crippen LogP contribution in [-0.2, 0) is 6.54 Å². The molecule has 0 aliphatic carbocycles. The molecule has 90 valence electrons. The summed E-state index contributed by atoms with van der Waals surface area (Å²) >= 11 is 1.59. The molecule has 5 nitrogen and oxygen atoms in total. The molecule has 0 aromatic carbocycles. The molecular formula is C11H13N3O2S. The van der Waals surface area contributed by atoms with Crippen LogP contribution in [0.25, 0.3) is 0 Å². The van der Waals surface area contributed by atoms with E-state index >= 15 is 0 Å². The summed E-state index contributed by atoms with van der Waals surface area (Å²) in [5, 5.41) is 2.99. The Morgan fingerprint density at radius 3 is 2.82 bits per heavy atom. The molecule has 0 bridgehead atoms. The lowest BCUT2D eigenvalue weighted by Gasteiger charge is -2.01. The van der Waals surface area contributed by atoms with Crippen molar-refractivity contribution in [1.82, 2.24) is 14.5 Å². The second kappa shape index (κ2) is 4.67.